The van der Waals surface area contributed by atoms with Gasteiger partial charge < -0.3 is 30.5 Å². The summed E-state index contributed by atoms with van der Waals surface area (Å²) in [5.74, 6) is 0.689. The third-order valence-corrected chi connectivity index (χ3v) is 6.75. The van der Waals surface area contributed by atoms with E-state index in [0.717, 1.165) is 45.3 Å². The van der Waals surface area contributed by atoms with Crippen LogP contribution in [0.2, 0.25) is 0 Å². The van der Waals surface area contributed by atoms with E-state index < -0.39 is 0 Å². The number of hydrogen-bond acceptors (Lipinski definition) is 4. The molecule has 8 nitrogen and oxygen atoms in total. The molecule has 1 aliphatic heterocycles. The number of likely N-dealkylation sites (tertiary alicyclic amines) is 1. The zero-order valence-electron chi connectivity index (χ0n) is 20.3. The zero-order valence-corrected chi connectivity index (χ0v) is 20.3. The number of nitrogens with one attached hydrogen (secondary N) is 3. The Morgan fingerprint density at radius 2 is 1.61 bits per heavy atom. The molecule has 0 aromatic heterocycles. The Balaban J connectivity index is 1.41. The van der Waals surface area contributed by atoms with Gasteiger partial charge in [-0.05, 0) is 50.9 Å². The second-order valence-corrected chi connectivity index (χ2v) is 9.02. The smallest absolute Gasteiger partial charge is 0.321 e. The lowest BCUT2D eigenvalue weighted by atomic mass is 9.96. The van der Waals surface area contributed by atoms with Crippen molar-refractivity contribution in [2.75, 3.05) is 44.6 Å². The monoisotopic (exact) mass is 459 g/mol. The van der Waals surface area contributed by atoms with E-state index in [9.17, 15) is 9.59 Å². The van der Waals surface area contributed by atoms with Gasteiger partial charge in [0.15, 0.2) is 0 Å². The maximum Gasteiger partial charge on any atom is 0.321 e. The molecule has 33 heavy (non-hydrogen) atoms. The van der Waals surface area contributed by atoms with Crippen LogP contribution in [0.5, 0.6) is 5.75 Å². The molecule has 1 heterocycles. The molecule has 3 rings (SSSR count). The summed E-state index contributed by atoms with van der Waals surface area (Å²) in [5, 5.41) is 9.21. The minimum atomic E-state index is -0.125. The molecule has 1 aliphatic carbocycles. The van der Waals surface area contributed by atoms with Crippen LogP contribution in [0.3, 0.4) is 0 Å². The van der Waals surface area contributed by atoms with E-state index in [1.807, 2.05) is 29.2 Å². The van der Waals surface area contributed by atoms with Gasteiger partial charge in [0.2, 0.25) is 0 Å². The Bertz CT molecular complexity index is 741. The van der Waals surface area contributed by atoms with Crippen molar-refractivity contribution in [1.82, 2.24) is 20.4 Å². The van der Waals surface area contributed by atoms with Crippen LogP contribution in [0, 0.1) is 0 Å². The number of anilines is 1. The molecular weight excluding hydrogens is 418 g/mol. The molecule has 1 saturated carbocycles. The number of rotatable bonds is 9. The number of carbonyl (C=O) groups is 2. The van der Waals surface area contributed by atoms with E-state index in [0.29, 0.717) is 37.2 Å². The highest BCUT2D eigenvalue weighted by molar-refractivity contribution is 5.91. The number of nitrogens with zero attached hydrogens (tertiary/aromatic N) is 2. The minimum Gasteiger partial charge on any atom is -0.490 e. The van der Waals surface area contributed by atoms with E-state index in [-0.39, 0.29) is 18.1 Å². The molecule has 0 radical (unpaired) electrons. The van der Waals surface area contributed by atoms with Crippen LogP contribution in [0.1, 0.15) is 58.8 Å². The Hall–Kier alpha value is -2.48. The molecule has 1 saturated heterocycles. The number of para-hydroxylation sites is 2. The van der Waals surface area contributed by atoms with Gasteiger partial charge in [-0.3, -0.25) is 0 Å². The van der Waals surface area contributed by atoms with Gasteiger partial charge in [0.05, 0.1) is 5.69 Å². The maximum absolute atomic E-state index is 12.8. The fourth-order valence-corrected chi connectivity index (χ4v) is 4.60. The molecule has 2 fully saturated rings. The van der Waals surface area contributed by atoms with Crippen LogP contribution in [0.25, 0.3) is 0 Å². The molecule has 0 atom stereocenters. The number of piperidine rings is 1. The molecule has 4 amide bonds. The summed E-state index contributed by atoms with van der Waals surface area (Å²) in [5.41, 5.74) is 0.689. The minimum absolute atomic E-state index is 0.0689. The van der Waals surface area contributed by atoms with Crippen molar-refractivity contribution in [3.63, 3.8) is 0 Å². The van der Waals surface area contributed by atoms with Gasteiger partial charge in [-0.15, -0.1) is 0 Å². The van der Waals surface area contributed by atoms with Gasteiger partial charge in [0.25, 0.3) is 0 Å². The lowest BCUT2D eigenvalue weighted by Gasteiger charge is -2.33. The fraction of sp³-hybridized carbons (Fsp3) is 0.680. The van der Waals surface area contributed by atoms with Gasteiger partial charge in [0.1, 0.15) is 12.4 Å². The van der Waals surface area contributed by atoms with Crippen LogP contribution in [0.4, 0.5) is 15.3 Å². The largest absolute Gasteiger partial charge is 0.490 e. The number of benzene rings is 1. The van der Waals surface area contributed by atoms with Crippen molar-refractivity contribution in [3.05, 3.63) is 24.3 Å². The lowest BCUT2D eigenvalue weighted by Crippen LogP contribution is -2.51. The summed E-state index contributed by atoms with van der Waals surface area (Å²) in [6, 6.07) is 7.78. The summed E-state index contributed by atoms with van der Waals surface area (Å²) in [6.45, 7) is 8.92. The summed E-state index contributed by atoms with van der Waals surface area (Å²) >= 11 is 0. The molecule has 3 N–H and O–H groups in total. The predicted octanol–water partition coefficient (Wildman–Crippen LogP) is 4.04. The van der Waals surface area contributed by atoms with Crippen molar-refractivity contribution in [2.24, 2.45) is 0 Å². The highest BCUT2D eigenvalue weighted by atomic mass is 16.5. The molecule has 0 unspecified atom stereocenters. The van der Waals surface area contributed by atoms with Crippen molar-refractivity contribution >= 4 is 17.7 Å². The van der Waals surface area contributed by atoms with Crippen molar-refractivity contribution in [3.8, 4) is 5.75 Å². The molecule has 184 valence electrons. The first kappa shape index (κ1) is 25.1. The van der Waals surface area contributed by atoms with Crippen molar-refractivity contribution in [1.29, 1.82) is 0 Å². The molecule has 8 heteroatoms. The van der Waals surface area contributed by atoms with E-state index in [1.165, 1.54) is 19.3 Å². The number of urea groups is 2. The third-order valence-electron chi connectivity index (χ3n) is 6.75. The molecular formula is C25H41N5O3. The van der Waals surface area contributed by atoms with Gasteiger partial charge in [0, 0.05) is 31.7 Å². The van der Waals surface area contributed by atoms with Gasteiger partial charge in [-0.1, -0.05) is 45.2 Å². The first-order valence-corrected chi connectivity index (χ1v) is 12.7. The van der Waals surface area contributed by atoms with E-state index in [2.05, 4.69) is 34.7 Å². The Labute approximate surface area is 198 Å². The average Bonchev–Trinajstić information content (AvgIpc) is 2.84. The topological polar surface area (TPSA) is 85.9 Å². The highest BCUT2D eigenvalue weighted by Gasteiger charge is 2.25. The van der Waals surface area contributed by atoms with Gasteiger partial charge >= 0.3 is 12.1 Å². The van der Waals surface area contributed by atoms with E-state index in [4.69, 9.17) is 4.74 Å². The predicted molar refractivity (Wildman–Crippen MR) is 132 cm³/mol. The SMILES string of the molecule is CCN(CC)CCOc1ccccc1NC(=O)N1CCC(NC(=O)NC2CCCCC2)CC1. The quantitative estimate of drug-likeness (QED) is 0.520. The fourth-order valence-electron chi connectivity index (χ4n) is 4.60. The number of carbonyl (C=O) groups excluding carboxylic acids is 2. The molecule has 2 aliphatic rings. The average molecular weight is 460 g/mol. The normalized spacial score (nSPS) is 17.6. The third kappa shape index (κ3) is 8.11. The second kappa shape index (κ2) is 13.3. The molecule has 1 aromatic carbocycles. The molecule has 0 bridgehead atoms. The van der Waals surface area contributed by atoms with Crippen LogP contribution in [-0.4, -0.2) is 73.3 Å². The van der Waals surface area contributed by atoms with E-state index >= 15 is 0 Å². The van der Waals surface area contributed by atoms with Crippen LogP contribution in [0.15, 0.2) is 24.3 Å². The standard InChI is InChI=1S/C25H41N5O3/c1-3-29(4-2)18-19-33-23-13-9-8-12-22(23)28-25(32)30-16-14-21(15-17-30)27-24(31)26-20-10-6-5-7-11-20/h8-9,12-13,20-21H,3-7,10-11,14-19H2,1-2H3,(H,28,32)(H2,26,27,31). The first-order chi connectivity index (χ1) is 16.1. The van der Waals surface area contributed by atoms with Crippen LogP contribution >= 0.6 is 0 Å². The summed E-state index contributed by atoms with van der Waals surface area (Å²) in [7, 11) is 0. The second-order valence-electron chi connectivity index (χ2n) is 9.02. The number of ether oxygens (including phenoxy) is 1. The molecule has 0 spiro atoms. The van der Waals surface area contributed by atoms with Gasteiger partial charge in [-0.2, -0.15) is 0 Å². The van der Waals surface area contributed by atoms with E-state index in [1.54, 1.807) is 0 Å². The Morgan fingerprint density at radius 1 is 0.970 bits per heavy atom. The number of likely N-dealkylation sites (N-methyl/N-ethyl adjacent to an activating group) is 1. The summed E-state index contributed by atoms with van der Waals surface area (Å²) in [4.78, 5) is 29.3. The summed E-state index contributed by atoms with van der Waals surface area (Å²) in [6.07, 6.45) is 7.33. The molecule has 1 aromatic rings. The first-order valence-electron chi connectivity index (χ1n) is 12.7. The summed E-state index contributed by atoms with van der Waals surface area (Å²) < 4.78 is 5.95. The number of hydrogen-bond donors (Lipinski definition) is 3. The maximum atomic E-state index is 12.8. The van der Waals surface area contributed by atoms with Crippen molar-refractivity contribution in [2.45, 2.75) is 70.9 Å². The van der Waals surface area contributed by atoms with Crippen LogP contribution < -0.4 is 20.7 Å². The highest BCUT2D eigenvalue weighted by Crippen LogP contribution is 2.25. The van der Waals surface area contributed by atoms with Gasteiger partial charge in [-0.25, -0.2) is 9.59 Å². The Kier molecular flexibility index (Phi) is 10.1. The number of amides is 4. The van der Waals surface area contributed by atoms with Crippen LogP contribution in [-0.2, 0) is 0 Å². The Morgan fingerprint density at radius 3 is 2.27 bits per heavy atom. The van der Waals surface area contributed by atoms with Crippen molar-refractivity contribution < 1.29 is 14.3 Å². The zero-order chi connectivity index (χ0) is 23.5. The lowest BCUT2D eigenvalue weighted by molar-refractivity contribution is 0.186.